The Morgan fingerprint density at radius 3 is 2.73 bits per heavy atom. The molecule has 1 aliphatic rings. The molecule has 0 unspecified atom stereocenters. The zero-order valence-electron chi connectivity index (χ0n) is 11.5. The van der Waals surface area contributed by atoms with Gasteiger partial charge in [0.05, 0.1) is 0 Å². The summed E-state index contributed by atoms with van der Waals surface area (Å²) in [6, 6.07) is 5.08. The average Bonchev–Trinajstić information content (AvgIpc) is 3.17. The summed E-state index contributed by atoms with van der Waals surface area (Å²) in [5, 5.41) is 11.4. The van der Waals surface area contributed by atoms with Crippen LogP contribution in [-0.4, -0.2) is 39.5 Å². The molecule has 0 aliphatic carbocycles. The number of amides is 1. The predicted molar refractivity (Wildman–Crippen MR) is 79.2 cm³/mol. The number of rotatable bonds is 3. The van der Waals surface area contributed by atoms with Gasteiger partial charge in [-0.05, 0) is 37.1 Å². The number of carbonyl (C=O) groups is 2. The molecule has 7 heteroatoms. The maximum atomic E-state index is 12.9. The van der Waals surface area contributed by atoms with Crippen LogP contribution in [0.5, 0.6) is 0 Å². The van der Waals surface area contributed by atoms with Gasteiger partial charge in [-0.15, -0.1) is 11.3 Å². The van der Waals surface area contributed by atoms with E-state index in [1.54, 1.807) is 17.5 Å². The Balaban J connectivity index is 1.82. The van der Waals surface area contributed by atoms with E-state index >= 15 is 0 Å². The topological polar surface area (TPSA) is 70.5 Å². The lowest BCUT2D eigenvalue weighted by Gasteiger charge is -2.20. The second-order valence-corrected chi connectivity index (χ2v) is 5.90. The van der Waals surface area contributed by atoms with Crippen molar-refractivity contribution < 1.29 is 19.1 Å². The molecular weight excluding hydrogens is 307 g/mol. The average molecular weight is 320 g/mol. The van der Waals surface area contributed by atoms with Crippen LogP contribution in [0.2, 0.25) is 0 Å². The number of carbonyl (C=O) groups excluding carboxylic acids is 1. The van der Waals surface area contributed by atoms with Crippen molar-refractivity contribution in [2.45, 2.75) is 18.9 Å². The zero-order valence-corrected chi connectivity index (χ0v) is 12.3. The third-order valence-corrected chi connectivity index (χ3v) is 4.50. The SMILES string of the molecule is O=C(O)[C@@H]1CCCN1C(=O)c1csc(-c2ccc(F)cc2)n1. The fourth-order valence-electron chi connectivity index (χ4n) is 2.51. The second kappa shape index (κ2) is 5.84. The van der Waals surface area contributed by atoms with Gasteiger partial charge in [-0.1, -0.05) is 0 Å². The quantitative estimate of drug-likeness (QED) is 0.944. The van der Waals surface area contributed by atoms with Gasteiger partial charge < -0.3 is 10.0 Å². The van der Waals surface area contributed by atoms with Gasteiger partial charge in [0.1, 0.15) is 22.6 Å². The molecule has 0 radical (unpaired) electrons. The molecule has 2 aromatic rings. The third kappa shape index (κ3) is 2.71. The summed E-state index contributed by atoms with van der Waals surface area (Å²) in [4.78, 5) is 29.2. The monoisotopic (exact) mass is 320 g/mol. The van der Waals surface area contributed by atoms with Crippen LogP contribution in [0, 0.1) is 5.82 Å². The van der Waals surface area contributed by atoms with Gasteiger partial charge in [-0.25, -0.2) is 14.2 Å². The smallest absolute Gasteiger partial charge is 0.326 e. The van der Waals surface area contributed by atoms with Crippen LogP contribution in [0.4, 0.5) is 4.39 Å². The Morgan fingerprint density at radius 1 is 1.32 bits per heavy atom. The number of hydrogen-bond donors (Lipinski definition) is 1. The number of carboxylic acid groups (broad SMARTS) is 1. The number of aromatic nitrogens is 1. The van der Waals surface area contributed by atoms with E-state index in [0.29, 0.717) is 24.4 Å². The van der Waals surface area contributed by atoms with Crippen molar-refractivity contribution in [1.82, 2.24) is 9.88 Å². The van der Waals surface area contributed by atoms with Crippen molar-refractivity contribution in [2.75, 3.05) is 6.54 Å². The molecule has 3 rings (SSSR count). The number of nitrogens with zero attached hydrogens (tertiary/aromatic N) is 2. The molecule has 2 heterocycles. The van der Waals surface area contributed by atoms with Gasteiger partial charge in [-0.2, -0.15) is 0 Å². The normalized spacial score (nSPS) is 17.7. The number of benzene rings is 1. The number of likely N-dealkylation sites (tertiary alicyclic amines) is 1. The molecule has 1 amide bonds. The first kappa shape index (κ1) is 14.6. The minimum absolute atomic E-state index is 0.234. The molecule has 0 saturated carbocycles. The first-order valence-corrected chi connectivity index (χ1v) is 7.69. The highest BCUT2D eigenvalue weighted by Crippen LogP contribution is 2.26. The molecule has 114 valence electrons. The van der Waals surface area contributed by atoms with Crippen LogP contribution in [0.3, 0.4) is 0 Å². The summed E-state index contributed by atoms with van der Waals surface area (Å²) >= 11 is 1.28. The molecule has 1 saturated heterocycles. The predicted octanol–water partition coefficient (Wildman–Crippen LogP) is 2.64. The molecule has 1 fully saturated rings. The van der Waals surface area contributed by atoms with E-state index < -0.39 is 12.0 Å². The number of halogens is 1. The van der Waals surface area contributed by atoms with Crippen LogP contribution in [0.15, 0.2) is 29.6 Å². The van der Waals surface area contributed by atoms with Crippen molar-refractivity contribution in [2.24, 2.45) is 0 Å². The number of hydrogen-bond acceptors (Lipinski definition) is 4. The lowest BCUT2D eigenvalue weighted by molar-refractivity contribution is -0.141. The first-order valence-electron chi connectivity index (χ1n) is 6.81. The van der Waals surface area contributed by atoms with Crippen molar-refractivity contribution in [3.63, 3.8) is 0 Å². The molecule has 5 nitrogen and oxygen atoms in total. The Labute approximate surface area is 130 Å². The Hall–Kier alpha value is -2.28. The van der Waals surface area contributed by atoms with E-state index in [0.717, 1.165) is 5.56 Å². The van der Waals surface area contributed by atoms with Crippen molar-refractivity contribution >= 4 is 23.2 Å². The van der Waals surface area contributed by atoms with E-state index in [1.807, 2.05) is 0 Å². The second-order valence-electron chi connectivity index (χ2n) is 5.04. The molecule has 1 aromatic heterocycles. The van der Waals surface area contributed by atoms with Gasteiger partial charge in [0.2, 0.25) is 0 Å². The molecule has 1 N–H and O–H groups in total. The Morgan fingerprint density at radius 2 is 2.05 bits per heavy atom. The molecule has 1 atom stereocenters. The molecule has 1 aliphatic heterocycles. The molecule has 0 bridgehead atoms. The van der Waals surface area contributed by atoms with Crippen LogP contribution in [0.25, 0.3) is 10.6 Å². The van der Waals surface area contributed by atoms with Crippen LogP contribution in [0.1, 0.15) is 23.3 Å². The largest absolute Gasteiger partial charge is 0.480 e. The minimum Gasteiger partial charge on any atom is -0.480 e. The molecule has 22 heavy (non-hydrogen) atoms. The number of aliphatic carboxylic acids is 1. The van der Waals surface area contributed by atoms with Crippen molar-refractivity contribution in [3.8, 4) is 10.6 Å². The highest BCUT2D eigenvalue weighted by molar-refractivity contribution is 7.13. The fourth-order valence-corrected chi connectivity index (χ4v) is 3.31. The van der Waals surface area contributed by atoms with Gasteiger partial charge >= 0.3 is 5.97 Å². The summed E-state index contributed by atoms with van der Waals surface area (Å²) < 4.78 is 12.9. The highest BCUT2D eigenvalue weighted by Gasteiger charge is 2.35. The van der Waals surface area contributed by atoms with Gasteiger partial charge in [0.25, 0.3) is 5.91 Å². The highest BCUT2D eigenvalue weighted by atomic mass is 32.1. The van der Waals surface area contributed by atoms with Crippen molar-refractivity contribution in [1.29, 1.82) is 0 Å². The molecule has 1 aromatic carbocycles. The van der Waals surface area contributed by atoms with E-state index in [9.17, 15) is 14.0 Å². The zero-order chi connectivity index (χ0) is 15.7. The lowest BCUT2D eigenvalue weighted by atomic mass is 10.2. The van der Waals surface area contributed by atoms with Gasteiger partial charge in [0.15, 0.2) is 0 Å². The molecule has 0 spiro atoms. The fraction of sp³-hybridized carbons (Fsp3) is 0.267. The summed E-state index contributed by atoms with van der Waals surface area (Å²) in [6.07, 6.45) is 1.15. The van der Waals surface area contributed by atoms with E-state index in [4.69, 9.17) is 5.11 Å². The van der Waals surface area contributed by atoms with E-state index in [-0.39, 0.29) is 17.4 Å². The maximum Gasteiger partial charge on any atom is 0.326 e. The van der Waals surface area contributed by atoms with E-state index in [2.05, 4.69) is 4.98 Å². The first-order chi connectivity index (χ1) is 10.6. The van der Waals surface area contributed by atoms with Crippen LogP contribution in [-0.2, 0) is 4.79 Å². The lowest BCUT2D eigenvalue weighted by Crippen LogP contribution is -2.40. The standard InChI is InChI=1S/C15H13FN2O3S/c16-10-5-3-9(4-6-10)13-17-11(8-22-13)14(19)18-7-1-2-12(18)15(20)21/h3-6,8,12H,1-2,7H2,(H,20,21)/t12-/m0/s1. The van der Waals surface area contributed by atoms with Crippen LogP contribution >= 0.6 is 11.3 Å². The van der Waals surface area contributed by atoms with Crippen LogP contribution < -0.4 is 0 Å². The maximum absolute atomic E-state index is 12.9. The Kier molecular flexibility index (Phi) is 3.89. The summed E-state index contributed by atoms with van der Waals surface area (Å²) in [5.41, 5.74) is 0.958. The van der Waals surface area contributed by atoms with Crippen molar-refractivity contribution in [3.05, 3.63) is 41.2 Å². The summed E-state index contributed by atoms with van der Waals surface area (Å²) in [7, 11) is 0. The third-order valence-electron chi connectivity index (χ3n) is 3.61. The van der Waals surface area contributed by atoms with Gasteiger partial charge in [0, 0.05) is 17.5 Å². The summed E-state index contributed by atoms with van der Waals surface area (Å²) in [5.74, 6) is -1.69. The molecular formula is C15H13FN2O3S. The minimum atomic E-state index is -0.986. The van der Waals surface area contributed by atoms with E-state index in [1.165, 1.54) is 28.4 Å². The Bertz CT molecular complexity index is 714. The number of thiazole rings is 1. The summed E-state index contributed by atoms with van der Waals surface area (Å²) in [6.45, 7) is 0.430. The van der Waals surface area contributed by atoms with Gasteiger partial charge in [-0.3, -0.25) is 4.79 Å². The number of carboxylic acids is 1.